The zero-order valence-corrected chi connectivity index (χ0v) is 16.7. The molecule has 2 atom stereocenters. The Morgan fingerprint density at radius 1 is 1.03 bits per heavy atom. The lowest BCUT2D eigenvalue weighted by Gasteiger charge is -2.27. The van der Waals surface area contributed by atoms with Gasteiger partial charge < -0.3 is 18.9 Å². The van der Waals surface area contributed by atoms with Crippen LogP contribution in [-0.4, -0.2) is 25.9 Å². The van der Waals surface area contributed by atoms with Gasteiger partial charge in [0.1, 0.15) is 0 Å². The first-order valence-electron chi connectivity index (χ1n) is 10.0. The fourth-order valence-corrected chi connectivity index (χ4v) is 3.74. The van der Waals surface area contributed by atoms with Crippen molar-refractivity contribution in [2.75, 3.05) is 19.8 Å². The third-order valence-electron chi connectivity index (χ3n) is 5.38. The summed E-state index contributed by atoms with van der Waals surface area (Å²) in [5.41, 5.74) is 0.920. The molecule has 0 saturated carbocycles. The van der Waals surface area contributed by atoms with Crippen LogP contribution in [0.5, 0.6) is 23.0 Å². The van der Waals surface area contributed by atoms with Crippen molar-refractivity contribution >= 4 is 0 Å². The topological polar surface area (TPSA) is 36.9 Å². The predicted molar refractivity (Wildman–Crippen MR) is 105 cm³/mol. The normalized spacial score (nSPS) is 20.0. The summed E-state index contributed by atoms with van der Waals surface area (Å²) in [4.78, 5) is 0. The quantitative estimate of drug-likeness (QED) is 0.490. The smallest absolute Gasteiger partial charge is 0.207 e. The van der Waals surface area contributed by atoms with E-state index in [1.807, 2.05) is 0 Å². The van der Waals surface area contributed by atoms with Gasteiger partial charge in [-0.25, -0.2) is 0 Å². The molecule has 0 aliphatic carbocycles. The highest BCUT2D eigenvalue weighted by molar-refractivity contribution is 5.55. The van der Waals surface area contributed by atoms with Crippen molar-refractivity contribution < 1.29 is 32.1 Å². The summed E-state index contributed by atoms with van der Waals surface area (Å²) in [5, 5.41) is 0. The Hall–Kier alpha value is -2.67. The molecule has 2 heterocycles. The summed E-state index contributed by atoms with van der Waals surface area (Å²) in [6, 6.07) is 4.58. The molecule has 0 spiro atoms. The third-order valence-corrected chi connectivity index (χ3v) is 5.38. The molecule has 30 heavy (non-hydrogen) atoms. The first kappa shape index (κ1) is 20.6. The lowest BCUT2D eigenvalue weighted by molar-refractivity contribution is -0.00333. The van der Waals surface area contributed by atoms with Gasteiger partial charge in [-0.2, -0.15) is 13.2 Å². The Morgan fingerprint density at radius 2 is 1.83 bits per heavy atom. The molecule has 0 radical (unpaired) electrons. The van der Waals surface area contributed by atoms with Gasteiger partial charge in [-0.3, -0.25) is 0 Å². The molecular weight excluding hydrogens is 397 g/mol. The number of fused-ring (bicyclic) bond motifs is 2. The summed E-state index contributed by atoms with van der Waals surface area (Å²) in [6.45, 7) is 6.40. The monoisotopic (exact) mass is 420 g/mol. The van der Waals surface area contributed by atoms with E-state index in [1.54, 1.807) is 19.1 Å². The van der Waals surface area contributed by atoms with Crippen LogP contribution in [0.2, 0.25) is 0 Å². The van der Waals surface area contributed by atoms with Crippen LogP contribution in [0.15, 0.2) is 30.9 Å². The van der Waals surface area contributed by atoms with E-state index in [0.29, 0.717) is 17.7 Å². The summed E-state index contributed by atoms with van der Waals surface area (Å²) in [7, 11) is 0. The van der Waals surface area contributed by atoms with Crippen LogP contribution in [0.1, 0.15) is 30.9 Å². The van der Waals surface area contributed by atoms with Gasteiger partial charge in [0.05, 0.1) is 25.9 Å². The Balaban J connectivity index is 1.53. The number of benzene rings is 2. The molecule has 0 bridgehead atoms. The minimum absolute atomic E-state index is 0.00827. The minimum Gasteiger partial charge on any atom is -0.491 e. The molecule has 2 aliphatic rings. The highest BCUT2D eigenvalue weighted by Crippen LogP contribution is 2.44. The number of halogens is 3. The second-order valence-electron chi connectivity index (χ2n) is 7.43. The van der Waals surface area contributed by atoms with Crippen molar-refractivity contribution in [2.45, 2.75) is 32.3 Å². The molecule has 0 amide bonds. The van der Waals surface area contributed by atoms with Gasteiger partial charge in [0.25, 0.3) is 0 Å². The summed E-state index contributed by atoms with van der Waals surface area (Å²) in [5.74, 6) is -3.63. The van der Waals surface area contributed by atoms with Crippen LogP contribution < -0.4 is 14.2 Å². The van der Waals surface area contributed by atoms with Crippen molar-refractivity contribution in [1.29, 1.82) is 0 Å². The van der Waals surface area contributed by atoms with Crippen LogP contribution in [-0.2, 0) is 11.2 Å². The van der Waals surface area contributed by atoms with E-state index in [4.69, 9.17) is 18.9 Å². The van der Waals surface area contributed by atoms with Crippen LogP contribution in [0, 0.1) is 23.4 Å². The number of hydrogen-bond acceptors (Lipinski definition) is 4. The van der Waals surface area contributed by atoms with E-state index in [2.05, 4.69) is 6.58 Å². The Morgan fingerprint density at radius 3 is 2.53 bits per heavy atom. The lowest BCUT2D eigenvalue weighted by Crippen LogP contribution is -2.28. The number of rotatable bonds is 6. The Labute approximate surface area is 173 Å². The molecule has 2 aliphatic heterocycles. The first-order chi connectivity index (χ1) is 14.5. The van der Waals surface area contributed by atoms with Crippen LogP contribution in [0.4, 0.5) is 13.2 Å². The summed E-state index contributed by atoms with van der Waals surface area (Å²) >= 11 is 0. The van der Waals surface area contributed by atoms with Gasteiger partial charge in [0.2, 0.25) is 17.5 Å². The molecule has 0 aromatic heterocycles. The van der Waals surface area contributed by atoms with E-state index in [9.17, 15) is 13.2 Å². The molecule has 2 aromatic rings. The van der Waals surface area contributed by atoms with Crippen molar-refractivity contribution in [3.63, 3.8) is 0 Å². The van der Waals surface area contributed by atoms with Crippen molar-refractivity contribution in [3.8, 4) is 23.0 Å². The Bertz CT molecular complexity index is 952. The molecule has 4 rings (SSSR count). The molecule has 2 unspecified atom stereocenters. The standard InChI is InChI=1S/C23H23F3O4/c1-3-16-7-5-13(11-28-16)12-29-18-10-15-9-14-6-8-17(27-4-2)20(25)22(14)30-23(15)21(26)19(18)24/h3,6,8,10,13,16H,1,4-5,7,9,11-12H2,2H3. The first-order valence-corrected chi connectivity index (χ1v) is 10.0. The molecule has 2 aromatic carbocycles. The molecule has 1 saturated heterocycles. The molecule has 160 valence electrons. The fourth-order valence-electron chi connectivity index (χ4n) is 3.74. The second-order valence-corrected chi connectivity index (χ2v) is 7.43. The van der Waals surface area contributed by atoms with Crippen LogP contribution >= 0.6 is 0 Å². The van der Waals surface area contributed by atoms with Gasteiger partial charge in [-0.1, -0.05) is 12.1 Å². The second kappa shape index (κ2) is 8.60. The van der Waals surface area contributed by atoms with Crippen LogP contribution in [0.3, 0.4) is 0 Å². The van der Waals surface area contributed by atoms with Crippen LogP contribution in [0.25, 0.3) is 0 Å². The molecule has 1 fully saturated rings. The van der Waals surface area contributed by atoms with Crippen molar-refractivity contribution in [1.82, 2.24) is 0 Å². The maximum absolute atomic E-state index is 14.7. The zero-order chi connectivity index (χ0) is 21.3. The van der Waals surface area contributed by atoms with Crippen molar-refractivity contribution in [3.05, 3.63) is 59.4 Å². The van der Waals surface area contributed by atoms with E-state index < -0.39 is 17.5 Å². The average molecular weight is 420 g/mol. The molecule has 4 nitrogen and oxygen atoms in total. The van der Waals surface area contributed by atoms with Gasteiger partial charge >= 0.3 is 0 Å². The predicted octanol–water partition coefficient (Wildman–Crippen LogP) is 5.56. The van der Waals surface area contributed by atoms with Gasteiger partial charge in [0.15, 0.2) is 23.0 Å². The number of ether oxygens (including phenoxy) is 4. The zero-order valence-electron chi connectivity index (χ0n) is 16.7. The number of hydrogen-bond donors (Lipinski definition) is 0. The van der Waals surface area contributed by atoms with E-state index in [0.717, 1.165) is 12.8 Å². The average Bonchev–Trinajstić information content (AvgIpc) is 2.77. The van der Waals surface area contributed by atoms with Crippen molar-refractivity contribution in [2.24, 2.45) is 5.92 Å². The minimum atomic E-state index is -1.19. The largest absolute Gasteiger partial charge is 0.491 e. The van der Waals surface area contributed by atoms with Gasteiger partial charge in [-0.15, -0.1) is 6.58 Å². The summed E-state index contributed by atoms with van der Waals surface area (Å²) < 4.78 is 65.8. The van der Waals surface area contributed by atoms with Gasteiger partial charge in [0, 0.05) is 23.5 Å². The highest BCUT2D eigenvalue weighted by Gasteiger charge is 2.30. The molecule has 7 heteroatoms. The highest BCUT2D eigenvalue weighted by atomic mass is 19.2. The lowest BCUT2D eigenvalue weighted by atomic mass is 9.98. The van der Waals surface area contributed by atoms with E-state index >= 15 is 0 Å². The fraction of sp³-hybridized carbons (Fsp3) is 0.391. The van der Waals surface area contributed by atoms with E-state index in [1.165, 1.54) is 12.1 Å². The summed E-state index contributed by atoms with van der Waals surface area (Å²) in [6.07, 6.45) is 3.64. The maximum Gasteiger partial charge on any atom is 0.207 e. The van der Waals surface area contributed by atoms with Gasteiger partial charge in [-0.05, 0) is 31.9 Å². The van der Waals surface area contributed by atoms with E-state index in [-0.39, 0.29) is 54.7 Å². The molecular formula is C23H23F3O4. The maximum atomic E-state index is 14.7. The Kier molecular flexibility index (Phi) is 5.90. The third kappa shape index (κ3) is 3.86. The molecule has 0 N–H and O–H groups in total. The SMILES string of the molecule is C=CC1CCC(COc2cc3c(c(F)c2F)Oc2c(ccc(OCC)c2F)C3)CO1.